The van der Waals surface area contributed by atoms with Gasteiger partial charge in [0, 0.05) is 26.8 Å². The number of carbonyl (C=O) groups excluding carboxylic acids is 2. The van der Waals surface area contributed by atoms with Gasteiger partial charge >= 0.3 is 0 Å². The molecule has 0 aliphatic carbocycles. The molecule has 0 unspecified atom stereocenters. The van der Waals surface area contributed by atoms with Crippen molar-refractivity contribution in [2.75, 3.05) is 20.6 Å². The third-order valence-corrected chi connectivity index (χ3v) is 2.55. The summed E-state index contributed by atoms with van der Waals surface area (Å²) >= 11 is 0. The molecule has 0 heterocycles. The van der Waals surface area contributed by atoms with Crippen molar-refractivity contribution in [3.8, 4) is 0 Å². The Morgan fingerprint density at radius 1 is 1.21 bits per heavy atom. The molecule has 0 aliphatic rings. The van der Waals surface area contributed by atoms with E-state index in [1.54, 1.807) is 25.2 Å². The summed E-state index contributed by atoms with van der Waals surface area (Å²) in [4.78, 5) is 25.0. The Labute approximate surface area is 114 Å². The average Bonchev–Trinajstić information content (AvgIpc) is 2.36. The molecule has 0 atom stereocenters. The van der Waals surface area contributed by atoms with E-state index in [0.717, 1.165) is 12.0 Å². The molecule has 0 spiro atoms. The fraction of sp³-hybridized carbons (Fsp3) is 0.333. The van der Waals surface area contributed by atoms with Gasteiger partial charge in [0.05, 0.1) is 5.57 Å². The zero-order valence-corrected chi connectivity index (χ0v) is 11.6. The number of hydrogen-bond donors (Lipinski definition) is 1. The summed E-state index contributed by atoms with van der Waals surface area (Å²) in [6.45, 7) is 1.91. The van der Waals surface area contributed by atoms with Crippen molar-refractivity contribution in [1.29, 1.82) is 0 Å². The van der Waals surface area contributed by atoms with Crippen molar-refractivity contribution < 1.29 is 9.59 Å². The summed E-state index contributed by atoms with van der Waals surface area (Å²) in [5.74, 6) is -0.553. The lowest BCUT2D eigenvalue weighted by Crippen LogP contribution is -2.30. The van der Waals surface area contributed by atoms with Gasteiger partial charge in [-0.1, -0.05) is 30.3 Å². The normalized spacial score (nSPS) is 11.0. The molecule has 0 radical (unpaired) electrons. The molecule has 1 amide bonds. The van der Waals surface area contributed by atoms with Crippen LogP contribution in [-0.2, 0) is 16.0 Å². The van der Waals surface area contributed by atoms with Crippen LogP contribution in [0, 0.1) is 0 Å². The van der Waals surface area contributed by atoms with E-state index < -0.39 is 0 Å². The van der Waals surface area contributed by atoms with E-state index in [1.165, 1.54) is 6.92 Å². The van der Waals surface area contributed by atoms with Gasteiger partial charge in [0.15, 0.2) is 5.78 Å². The second-order valence-electron chi connectivity index (χ2n) is 4.55. The number of carbonyl (C=O) groups is 2. The summed E-state index contributed by atoms with van der Waals surface area (Å²) < 4.78 is 0. The molecule has 1 aromatic rings. The smallest absolute Gasteiger partial charge is 0.256 e. The number of amides is 1. The van der Waals surface area contributed by atoms with Crippen LogP contribution in [0.5, 0.6) is 0 Å². The fourth-order valence-corrected chi connectivity index (χ4v) is 1.63. The van der Waals surface area contributed by atoms with E-state index in [2.05, 4.69) is 5.32 Å². The van der Waals surface area contributed by atoms with Gasteiger partial charge in [-0.2, -0.15) is 0 Å². The van der Waals surface area contributed by atoms with Crippen LogP contribution in [0.15, 0.2) is 42.1 Å². The van der Waals surface area contributed by atoms with Crippen LogP contribution < -0.4 is 5.32 Å². The standard InChI is InChI=1S/C15H20N2O2/c1-12(18)14(11-17(2)3)15(19)16-10-9-13-7-5-4-6-8-13/h4-8,11H,9-10H2,1-3H3,(H,16,19)/b14-11-. The first-order valence-corrected chi connectivity index (χ1v) is 6.22. The minimum absolute atomic E-state index is 0.179. The Hall–Kier alpha value is -2.10. The molecule has 1 N–H and O–H groups in total. The minimum atomic E-state index is -0.322. The first-order chi connectivity index (χ1) is 9.00. The maximum Gasteiger partial charge on any atom is 0.256 e. The summed E-state index contributed by atoms with van der Waals surface area (Å²) in [5, 5.41) is 2.76. The molecular weight excluding hydrogens is 240 g/mol. The van der Waals surface area contributed by atoms with Crippen LogP contribution in [0.1, 0.15) is 12.5 Å². The molecule has 0 fully saturated rings. The number of hydrogen-bond acceptors (Lipinski definition) is 3. The monoisotopic (exact) mass is 260 g/mol. The lowest BCUT2D eigenvalue weighted by atomic mass is 10.1. The van der Waals surface area contributed by atoms with Gasteiger partial charge in [0.1, 0.15) is 0 Å². The molecule has 0 aromatic heterocycles. The van der Waals surface area contributed by atoms with E-state index >= 15 is 0 Å². The second kappa shape index (κ2) is 7.36. The van der Waals surface area contributed by atoms with Gasteiger partial charge in [-0.15, -0.1) is 0 Å². The van der Waals surface area contributed by atoms with Crippen LogP contribution in [0.3, 0.4) is 0 Å². The van der Waals surface area contributed by atoms with Crippen molar-refractivity contribution in [2.45, 2.75) is 13.3 Å². The Balaban J connectivity index is 2.52. The van der Waals surface area contributed by atoms with Crippen LogP contribution >= 0.6 is 0 Å². The lowest BCUT2D eigenvalue weighted by molar-refractivity contribution is -0.121. The second-order valence-corrected chi connectivity index (χ2v) is 4.55. The van der Waals surface area contributed by atoms with Crippen LogP contribution in [0.25, 0.3) is 0 Å². The summed E-state index contributed by atoms with van der Waals surface area (Å²) in [7, 11) is 3.56. The minimum Gasteiger partial charge on any atom is -0.383 e. The number of rotatable bonds is 6. The molecule has 4 heteroatoms. The van der Waals surface area contributed by atoms with E-state index in [-0.39, 0.29) is 17.3 Å². The highest BCUT2D eigenvalue weighted by Gasteiger charge is 2.13. The van der Waals surface area contributed by atoms with Gasteiger partial charge in [-0.25, -0.2) is 0 Å². The number of ketones is 1. The molecule has 0 saturated heterocycles. The van der Waals surface area contributed by atoms with Crippen molar-refractivity contribution >= 4 is 11.7 Å². The first-order valence-electron chi connectivity index (χ1n) is 6.22. The summed E-state index contributed by atoms with van der Waals surface area (Å²) in [5.41, 5.74) is 1.34. The van der Waals surface area contributed by atoms with Crippen molar-refractivity contribution in [3.05, 3.63) is 47.7 Å². The highest BCUT2D eigenvalue weighted by atomic mass is 16.2. The molecule has 4 nitrogen and oxygen atoms in total. The molecular formula is C15H20N2O2. The van der Waals surface area contributed by atoms with Gasteiger partial charge in [0.25, 0.3) is 5.91 Å². The predicted octanol–water partition coefficient (Wildman–Crippen LogP) is 1.38. The summed E-state index contributed by atoms with van der Waals surface area (Å²) in [6, 6.07) is 9.89. The van der Waals surface area contributed by atoms with Crippen molar-refractivity contribution in [1.82, 2.24) is 10.2 Å². The first kappa shape index (κ1) is 15.0. The quantitative estimate of drug-likeness (QED) is 0.477. The van der Waals surface area contributed by atoms with E-state index in [4.69, 9.17) is 0 Å². The van der Waals surface area contributed by atoms with Crippen LogP contribution in [-0.4, -0.2) is 37.2 Å². The fourth-order valence-electron chi connectivity index (χ4n) is 1.63. The van der Waals surface area contributed by atoms with Crippen LogP contribution in [0.4, 0.5) is 0 Å². The van der Waals surface area contributed by atoms with Gasteiger partial charge in [-0.3, -0.25) is 9.59 Å². The van der Waals surface area contributed by atoms with E-state index in [0.29, 0.717) is 6.54 Å². The van der Waals surface area contributed by atoms with E-state index in [1.807, 2.05) is 30.3 Å². The third-order valence-electron chi connectivity index (χ3n) is 2.55. The zero-order valence-electron chi connectivity index (χ0n) is 11.6. The molecule has 0 bridgehead atoms. The van der Waals surface area contributed by atoms with Crippen LogP contribution in [0.2, 0.25) is 0 Å². The Morgan fingerprint density at radius 2 is 1.84 bits per heavy atom. The number of Topliss-reactive ketones (excluding diaryl/α,β-unsaturated/α-hetero) is 1. The topological polar surface area (TPSA) is 49.4 Å². The molecule has 0 saturated carbocycles. The molecule has 1 aromatic carbocycles. The van der Waals surface area contributed by atoms with E-state index in [9.17, 15) is 9.59 Å². The van der Waals surface area contributed by atoms with Gasteiger partial charge in [0.2, 0.25) is 0 Å². The number of nitrogens with zero attached hydrogens (tertiary/aromatic N) is 1. The molecule has 1 rings (SSSR count). The Morgan fingerprint density at radius 3 is 2.37 bits per heavy atom. The predicted molar refractivity (Wildman–Crippen MR) is 75.6 cm³/mol. The Bertz CT molecular complexity index is 464. The average molecular weight is 260 g/mol. The zero-order chi connectivity index (χ0) is 14.3. The molecule has 0 aliphatic heterocycles. The number of nitrogens with one attached hydrogen (secondary N) is 1. The van der Waals surface area contributed by atoms with Crippen molar-refractivity contribution in [3.63, 3.8) is 0 Å². The third kappa shape index (κ3) is 5.38. The highest BCUT2D eigenvalue weighted by molar-refractivity contribution is 6.18. The molecule has 102 valence electrons. The maximum atomic E-state index is 11.9. The highest BCUT2D eigenvalue weighted by Crippen LogP contribution is 2.00. The van der Waals surface area contributed by atoms with Gasteiger partial charge in [-0.05, 0) is 18.9 Å². The Kier molecular flexibility index (Phi) is 5.79. The molecule has 19 heavy (non-hydrogen) atoms. The maximum absolute atomic E-state index is 11.9. The number of benzene rings is 1. The lowest BCUT2D eigenvalue weighted by Gasteiger charge is -2.10. The largest absolute Gasteiger partial charge is 0.383 e. The van der Waals surface area contributed by atoms with Crippen molar-refractivity contribution in [2.24, 2.45) is 0 Å². The SMILES string of the molecule is CC(=O)/C(=C/N(C)C)C(=O)NCCc1ccccc1. The summed E-state index contributed by atoms with van der Waals surface area (Å²) in [6.07, 6.45) is 2.29. The van der Waals surface area contributed by atoms with Gasteiger partial charge < -0.3 is 10.2 Å².